The molecular weight excluding hydrogens is 382 g/mol. The van der Waals surface area contributed by atoms with Crippen LogP contribution >= 0.6 is 0 Å². The molecule has 6 nitrogen and oxygen atoms in total. The van der Waals surface area contributed by atoms with Crippen LogP contribution in [0.1, 0.15) is 31.4 Å². The first-order chi connectivity index (χ1) is 14.5. The van der Waals surface area contributed by atoms with E-state index in [0.717, 1.165) is 18.4 Å². The third kappa shape index (κ3) is 7.99. The number of hydrogen-bond acceptors (Lipinski definition) is 5. The number of aryl methyl sites for hydroxylation is 1. The number of hydrogen-bond donors (Lipinski definition) is 1. The van der Waals surface area contributed by atoms with Gasteiger partial charge in [0.05, 0.1) is 7.11 Å². The van der Waals surface area contributed by atoms with Gasteiger partial charge in [0.2, 0.25) is 0 Å². The third-order valence-corrected chi connectivity index (χ3v) is 4.37. The highest BCUT2D eigenvalue weighted by Crippen LogP contribution is 2.28. The van der Waals surface area contributed by atoms with Gasteiger partial charge < -0.3 is 19.5 Å². The number of benzene rings is 2. The van der Waals surface area contributed by atoms with E-state index in [1.165, 1.54) is 12.7 Å². The van der Waals surface area contributed by atoms with Gasteiger partial charge in [-0.15, -0.1) is 0 Å². The summed E-state index contributed by atoms with van der Waals surface area (Å²) in [6, 6.07) is 15.4. The van der Waals surface area contributed by atoms with Crippen LogP contribution in [0.4, 0.5) is 0 Å². The largest absolute Gasteiger partial charge is 0.493 e. The van der Waals surface area contributed by atoms with Crippen LogP contribution in [-0.4, -0.2) is 38.2 Å². The Labute approximate surface area is 177 Å². The standard InChI is InChI=1S/C24H29NO5/c1-4-8-20-13-14-21(22(15-20)28-3)29-17-24(27)30-16-23(26)25-18(2)11-12-19-9-6-5-7-10-19/h4-10,13-15,18H,11-12,16-17H2,1-3H3,(H,25,26)/b8-4+/t18-/m1/s1. The van der Waals surface area contributed by atoms with E-state index in [9.17, 15) is 9.59 Å². The number of methoxy groups -OCH3 is 1. The number of carbonyl (C=O) groups excluding carboxylic acids is 2. The van der Waals surface area contributed by atoms with Gasteiger partial charge in [0, 0.05) is 6.04 Å². The fourth-order valence-corrected chi connectivity index (χ4v) is 2.84. The maximum absolute atomic E-state index is 12.0. The quantitative estimate of drug-likeness (QED) is 0.570. The molecule has 0 aliphatic rings. The lowest BCUT2D eigenvalue weighted by atomic mass is 10.1. The first kappa shape index (κ1) is 23.0. The first-order valence-corrected chi connectivity index (χ1v) is 9.94. The predicted octanol–water partition coefficient (Wildman–Crippen LogP) is 3.79. The molecule has 2 rings (SSSR count). The van der Waals surface area contributed by atoms with Crippen LogP contribution in [0.15, 0.2) is 54.6 Å². The molecule has 0 aliphatic heterocycles. The fraction of sp³-hybridized carbons (Fsp3) is 0.333. The Morgan fingerprint density at radius 2 is 1.83 bits per heavy atom. The van der Waals surface area contributed by atoms with E-state index in [1.807, 2.05) is 56.3 Å². The van der Waals surface area contributed by atoms with Gasteiger partial charge >= 0.3 is 5.97 Å². The van der Waals surface area contributed by atoms with Crippen molar-refractivity contribution < 1.29 is 23.8 Å². The Hall–Kier alpha value is -3.28. The highest BCUT2D eigenvalue weighted by molar-refractivity contribution is 5.81. The second kappa shape index (κ2) is 12.3. The van der Waals surface area contributed by atoms with Crippen molar-refractivity contribution in [2.45, 2.75) is 32.7 Å². The lowest BCUT2D eigenvalue weighted by Crippen LogP contribution is -2.36. The third-order valence-electron chi connectivity index (χ3n) is 4.37. The van der Waals surface area contributed by atoms with Crippen LogP contribution in [0.2, 0.25) is 0 Å². The van der Waals surface area contributed by atoms with Crippen LogP contribution in [0.5, 0.6) is 11.5 Å². The van der Waals surface area contributed by atoms with Crippen molar-refractivity contribution in [3.8, 4) is 11.5 Å². The second-order valence-electron chi connectivity index (χ2n) is 6.85. The molecule has 1 atom stereocenters. The molecule has 1 amide bonds. The SMILES string of the molecule is C/C=C/c1ccc(OCC(=O)OCC(=O)N[C@H](C)CCc2ccccc2)c(OC)c1. The van der Waals surface area contributed by atoms with Crippen molar-refractivity contribution in [1.82, 2.24) is 5.32 Å². The zero-order valence-corrected chi connectivity index (χ0v) is 17.7. The topological polar surface area (TPSA) is 73.9 Å². The van der Waals surface area contributed by atoms with Crippen molar-refractivity contribution in [3.05, 3.63) is 65.7 Å². The highest BCUT2D eigenvalue weighted by atomic mass is 16.6. The average Bonchev–Trinajstić information content (AvgIpc) is 2.76. The van der Waals surface area contributed by atoms with Gasteiger partial charge in [0.15, 0.2) is 24.7 Å². The summed E-state index contributed by atoms with van der Waals surface area (Å²) < 4.78 is 15.8. The molecule has 160 valence electrons. The Bertz CT molecular complexity index is 848. The molecule has 0 fully saturated rings. The summed E-state index contributed by atoms with van der Waals surface area (Å²) in [5.41, 5.74) is 2.18. The normalized spacial score (nSPS) is 11.7. The van der Waals surface area contributed by atoms with Crippen molar-refractivity contribution in [2.75, 3.05) is 20.3 Å². The summed E-state index contributed by atoms with van der Waals surface area (Å²) in [6.45, 7) is 3.20. The summed E-state index contributed by atoms with van der Waals surface area (Å²) in [5, 5.41) is 2.83. The number of rotatable bonds is 11. The molecule has 0 aliphatic carbocycles. The van der Waals surface area contributed by atoms with Gasteiger partial charge in [-0.2, -0.15) is 0 Å². The van der Waals surface area contributed by atoms with E-state index in [0.29, 0.717) is 11.5 Å². The van der Waals surface area contributed by atoms with Crippen molar-refractivity contribution in [1.29, 1.82) is 0 Å². The van der Waals surface area contributed by atoms with E-state index >= 15 is 0 Å². The molecule has 0 saturated heterocycles. The minimum Gasteiger partial charge on any atom is -0.493 e. The zero-order valence-electron chi connectivity index (χ0n) is 17.7. The van der Waals surface area contributed by atoms with Crippen molar-refractivity contribution in [3.63, 3.8) is 0 Å². The Morgan fingerprint density at radius 3 is 2.53 bits per heavy atom. The monoisotopic (exact) mass is 411 g/mol. The number of ether oxygens (including phenoxy) is 3. The number of amides is 1. The molecule has 0 saturated carbocycles. The molecule has 0 radical (unpaired) electrons. The predicted molar refractivity (Wildman–Crippen MR) is 117 cm³/mol. The maximum atomic E-state index is 12.0. The minimum absolute atomic E-state index is 0.0207. The van der Waals surface area contributed by atoms with Crippen molar-refractivity contribution >= 4 is 18.0 Å². The van der Waals surface area contributed by atoms with Gasteiger partial charge in [-0.05, 0) is 49.9 Å². The molecule has 0 bridgehead atoms. The van der Waals surface area contributed by atoms with Gasteiger partial charge in [-0.1, -0.05) is 48.6 Å². The second-order valence-corrected chi connectivity index (χ2v) is 6.85. The summed E-state index contributed by atoms with van der Waals surface area (Å²) in [6.07, 6.45) is 5.51. The lowest BCUT2D eigenvalue weighted by Gasteiger charge is -2.14. The molecule has 2 aromatic carbocycles. The van der Waals surface area contributed by atoms with Gasteiger partial charge in [-0.25, -0.2) is 4.79 Å². The number of esters is 1. The van der Waals surface area contributed by atoms with Gasteiger partial charge in [0.25, 0.3) is 5.91 Å². The zero-order chi connectivity index (χ0) is 21.8. The number of carbonyl (C=O) groups is 2. The van der Waals surface area contributed by atoms with E-state index in [1.54, 1.807) is 6.07 Å². The summed E-state index contributed by atoms with van der Waals surface area (Å²) >= 11 is 0. The average molecular weight is 411 g/mol. The van der Waals surface area contributed by atoms with Crippen LogP contribution in [0.3, 0.4) is 0 Å². The highest BCUT2D eigenvalue weighted by Gasteiger charge is 2.13. The van der Waals surface area contributed by atoms with Crippen LogP contribution in [0, 0.1) is 0 Å². The summed E-state index contributed by atoms with van der Waals surface area (Å²) in [7, 11) is 1.53. The van der Waals surface area contributed by atoms with Gasteiger partial charge in [-0.3, -0.25) is 4.79 Å². The Balaban J connectivity index is 1.70. The van der Waals surface area contributed by atoms with E-state index in [4.69, 9.17) is 14.2 Å². The molecule has 2 aromatic rings. The number of allylic oxidation sites excluding steroid dienone is 1. The summed E-state index contributed by atoms with van der Waals surface area (Å²) in [4.78, 5) is 23.9. The molecule has 0 aromatic heterocycles. The molecule has 30 heavy (non-hydrogen) atoms. The van der Waals surface area contributed by atoms with E-state index in [-0.39, 0.29) is 25.2 Å². The fourth-order valence-electron chi connectivity index (χ4n) is 2.84. The Kier molecular flexibility index (Phi) is 9.45. The lowest BCUT2D eigenvalue weighted by molar-refractivity contribution is -0.150. The van der Waals surface area contributed by atoms with Crippen molar-refractivity contribution in [2.24, 2.45) is 0 Å². The Morgan fingerprint density at radius 1 is 1.07 bits per heavy atom. The maximum Gasteiger partial charge on any atom is 0.344 e. The van der Waals surface area contributed by atoms with E-state index in [2.05, 4.69) is 17.4 Å². The minimum atomic E-state index is -0.623. The molecule has 0 heterocycles. The van der Waals surface area contributed by atoms with Gasteiger partial charge in [0.1, 0.15) is 0 Å². The molecule has 6 heteroatoms. The molecule has 0 unspecified atom stereocenters. The molecule has 1 N–H and O–H groups in total. The van der Waals surface area contributed by atoms with Crippen LogP contribution in [-0.2, 0) is 20.7 Å². The van der Waals surface area contributed by atoms with E-state index < -0.39 is 5.97 Å². The van der Waals surface area contributed by atoms with Crippen LogP contribution in [0.25, 0.3) is 6.08 Å². The molecular formula is C24H29NO5. The molecule has 0 spiro atoms. The smallest absolute Gasteiger partial charge is 0.344 e. The van der Waals surface area contributed by atoms with Crippen LogP contribution < -0.4 is 14.8 Å². The summed E-state index contributed by atoms with van der Waals surface area (Å²) in [5.74, 6) is -0.0102. The number of nitrogens with one attached hydrogen (secondary N) is 1. The first-order valence-electron chi connectivity index (χ1n) is 9.94.